The molecule has 0 saturated heterocycles. The molecule has 2 aromatic carbocycles. The molecule has 0 aromatic heterocycles. The zero-order valence-corrected chi connectivity index (χ0v) is 13.4. The molecular weight excluding hydrogens is 361 g/mol. The highest BCUT2D eigenvalue weighted by atomic mass is 79.9. The predicted molar refractivity (Wildman–Crippen MR) is 84.3 cm³/mol. The number of halogens is 3. The second kappa shape index (κ2) is 6.91. The Hall–Kier alpha value is -1.59. The summed E-state index contributed by atoms with van der Waals surface area (Å²) < 4.78 is 19.9. The molecule has 2 aromatic rings. The van der Waals surface area contributed by atoms with Crippen molar-refractivity contribution in [3.8, 4) is 5.75 Å². The van der Waals surface area contributed by atoms with Crippen LogP contribution in [0.3, 0.4) is 0 Å². The van der Waals surface area contributed by atoms with Gasteiger partial charge < -0.3 is 10.1 Å². The maximum atomic E-state index is 13.5. The number of anilines is 1. The molecule has 0 spiro atoms. The molecule has 0 aliphatic rings. The first-order valence-electron chi connectivity index (χ1n) is 6.14. The maximum Gasteiger partial charge on any atom is 0.265 e. The van der Waals surface area contributed by atoms with Crippen molar-refractivity contribution in [3.05, 3.63) is 57.8 Å². The number of carbonyl (C=O) groups excluding carboxylic acids is 1. The second-order valence-corrected chi connectivity index (χ2v) is 5.68. The van der Waals surface area contributed by atoms with E-state index < -0.39 is 17.8 Å². The molecule has 3 nitrogen and oxygen atoms in total. The summed E-state index contributed by atoms with van der Waals surface area (Å²) in [6.45, 7) is 1.58. The average molecular weight is 373 g/mol. The Balaban J connectivity index is 2.02. The summed E-state index contributed by atoms with van der Waals surface area (Å²) in [5.41, 5.74) is 0.0266. The third kappa shape index (κ3) is 4.44. The van der Waals surface area contributed by atoms with Crippen LogP contribution in [-0.2, 0) is 4.79 Å². The fourth-order valence-corrected chi connectivity index (χ4v) is 2.03. The molecule has 0 radical (unpaired) electrons. The lowest BCUT2D eigenvalue weighted by Crippen LogP contribution is -2.30. The number of rotatable bonds is 4. The molecule has 21 heavy (non-hydrogen) atoms. The smallest absolute Gasteiger partial charge is 0.265 e. The number of amides is 1. The zero-order valence-electron chi connectivity index (χ0n) is 11.1. The Morgan fingerprint density at radius 1 is 1.29 bits per heavy atom. The van der Waals surface area contributed by atoms with Gasteiger partial charge in [-0.25, -0.2) is 4.39 Å². The fraction of sp³-hybridized carbons (Fsp3) is 0.133. The van der Waals surface area contributed by atoms with Crippen LogP contribution in [0.15, 0.2) is 46.9 Å². The van der Waals surface area contributed by atoms with Crippen molar-refractivity contribution in [2.24, 2.45) is 0 Å². The topological polar surface area (TPSA) is 38.3 Å². The largest absolute Gasteiger partial charge is 0.481 e. The molecule has 0 saturated carbocycles. The standard InChI is InChI=1S/C15H12BrClFNO2/c1-9(21-12-5-2-10(16)3-6-12)15(20)19-14-8-11(17)4-7-13(14)18/h2-9H,1H3,(H,19,20). The van der Waals surface area contributed by atoms with Crippen LogP contribution in [0.2, 0.25) is 5.02 Å². The third-order valence-corrected chi connectivity index (χ3v) is 3.45. The highest BCUT2D eigenvalue weighted by Gasteiger charge is 2.16. The van der Waals surface area contributed by atoms with Gasteiger partial charge in [0, 0.05) is 9.50 Å². The summed E-state index contributed by atoms with van der Waals surface area (Å²) in [7, 11) is 0. The number of benzene rings is 2. The van der Waals surface area contributed by atoms with Crippen LogP contribution in [-0.4, -0.2) is 12.0 Å². The van der Waals surface area contributed by atoms with Gasteiger partial charge in [-0.3, -0.25) is 4.79 Å². The van der Waals surface area contributed by atoms with Gasteiger partial charge in [-0.2, -0.15) is 0 Å². The van der Waals surface area contributed by atoms with Gasteiger partial charge in [0.15, 0.2) is 6.10 Å². The van der Waals surface area contributed by atoms with E-state index in [0.29, 0.717) is 10.8 Å². The summed E-state index contributed by atoms with van der Waals surface area (Å²) in [5, 5.41) is 2.79. The Labute approximate surface area is 135 Å². The molecule has 0 aliphatic carbocycles. The lowest BCUT2D eigenvalue weighted by atomic mass is 10.2. The Morgan fingerprint density at radius 2 is 1.95 bits per heavy atom. The lowest BCUT2D eigenvalue weighted by Gasteiger charge is -2.15. The van der Waals surface area contributed by atoms with Crippen molar-refractivity contribution < 1.29 is 13.9 Å². The Morgan fingerprint density at radius 3 is 2.62 bits per heavy atom. The van der Waals surface area contributed by atoms with Gasteiger partial charge >= 0.3 is 0 Å². The number of nitrogens with one attached hydrogen (secondary N) is 1. The third-order valence-electron chi connectivity index (χ3n) is 2.68. The minimum absolute atomic E-state index is 0.0266. The monoisotopic (exact) mass is 371 g/mol. The molecule has 1 N–H and O–H groups in total. The van der Waals surface area contributed by atoms with Crippen LogP contribution < -0.4 is 10.1 Å². The van der Waals surface area contributed by atoms with E-state index in [-0.39, 0.29) is 5.69 Å². The number of hydrogen-bond donors (Lipinski definition) is 1. The van der Waals surface area contributed by atoms with Gasteiger partial charge in [0.1, 0.15) is 11.6 Å². The normalized spacial score (nSPS) is 11.8. The van der Waals surface area contributed by atoms with E-state index in [0.717, 1.165) is 4.47 Å². The molecule has 1 atom stereocenters. The van der Waals surface area contributed by atoms with Crippen molar-refractivity contribution >= 4 is 39.1 Å². The van der Waals surface area contributed by atoms with Gasteiger partial charge in [0.2, 0.25) is 0 Å². The van der Waals surface area contributed by atoms with Crippen molar-refractivity contribution in [1.82, 2.24) is 0 Å². The highest BCUT2D eigenvalue weighted by molar-refractivity contribution is 9.10. The molecule has 0 heterocycles. The van der Waals surface area contributed by atoms with Gasteiger partial charge in [0.25, 0.3) is 5.91 Å². The molecule has 1 unspecified atom stereocenters. The Kier molecular flexibility index (Phi) is 5.20. The first kappa shape index (κ1) is 15.8. The van der Waals surface area contributed by atoms with Crippen LogP contribution in [0, 0.1) is 5.82 Å². The van der Waals surface area contributed by atoms with Crippen molar-refractivity contribution in [2.75, 3.05) is 5.32 Å². The van der Waals surface area contributed by atoms with Crippen LogP contribution in [0.4, 0.5) is 10.1 Å². The lowest BCUT2D eigenvalue weighted by molar-refractivity contribution is -0.122. The number of carbonyl (C=O) groups is 1. The van der Waals surface area contributed by atoms with E-state index in [9.17, 15) is 9.18 Å². The summed E-state index contributed by atoms with van der Waals surface area (Å²) in [5.74, 6) is -0.463. The molecule has 0 bridgehead atoms. The van der Waals surface area contributed by atoms with Gasteiger partial charge in [-0.1, -0.05) is 27.5 Å². The zero-order chi connectivity index (χ0) is 15.4. The molecule has 1 amide bonds. The Bertz CT molecular complexity index is 649. The van der Waals surface area contributed by atoms with Crippen LogP contribution in [0.25, 0.3) is 0 Å². The van der Waals surface area contributed by atoms with E-state index in [2.05, 4.69) is 21.2 Å². The van der Waals surface area contributed by atoms with Crippen molar-refractivity contribution in [3.63, 3.8) is 0 Å². The molecule has 0 aliphatic heterocycles. The van der Waals surface area contributed by atoms with E-state index in [1.54, 1.807) is 31.2 Å². The minimum atomic E-state index is -0.774. The number of hydrogen-bond acceptors (Lipinski definition) is 2. The molecule has 6 heteroatoms. The van der Waals surface area contributed by atoms with Gasteiger partial charge in [0.05, 0.1) is 5.69 Å². The van der Waals surface area contributed by atoms with Crippen LogP contribution >= 0.6 is 27.5 Å². The first-order valence-corrected chi connectivity index (χ1v) is 7.31. The molecule has 2 rings (SSSR count). The van der Waals surface area contributed by atoms with E-state index in [1.165, 1.54) is 18.2 Å². The van der Waals surface area contributed by atoms with Crippen LogP contribution in [0.1, 0.15) is 6.92 Å². The summed E-state index contributed by atoms with van der Waals surface area (Å²) in [4.78, 5) is 12.0. The predicted octanol–water partition coefficient (Wildman–Crippen LogP) is 4.65. The summed E-state index contributed by atoms with van der Waals surface area (Å²) in [6.07, 6.45) is -0.774. The SMILES string of the molecule is CC(Oc1ccc(Br)cc1)C(=O)Nc1cc(Cl)ccc1F. The van der Waals surface area contributed by atoms with Crippen LogP contribution in [0.5, 0.6) is 5.75 Å². The van der Waals surface area contributed by atoms with E-state index in [1.807, 2.05) is 0 Å². The quantitative estimate of drug-likeness (QED) is 0.848. The average Bonchev–Trinajstić information content (AvgIpc) is 2.45. The minimum Gasteiger partial charge on any atom is -0.481 e. The molecule has 0 fully saturated rings. The summed E-state index contributed by atoms with van der Waals surface area (Å²) in [6, 6.07) is 11.0. The van der Waals surface area contributed by atoms with E-state index >= 15 is 0 Å². The molecule has 110 valence electrons. The molecular formula is C15H12BrClFNO2. The highest BCUT2D eigenvalue weighted by Crippen LogP contribution is 2.21. The second-order valence-electron chi connectivity index (χ2n) is 4.33. The van der Waals surface area contributed by atoms with E-state index in [4.69, 9.17) is 16.3 Å². The summed E-state index contributed by atoms with van der Waals surface area (Å²) >= 11 is 9.08. The fourth-order valence-electron chi connectivity index (χ4n) is 1.60. The van der Waals surface area contributed by atoms with Crippen molar-refractivity contribution in [2.45, 2.75) is 13.0 Å². The maximum absolute atomic E-state index is 13.5. The van der Waals surface area contributed by atoms with Crippen molar-refractivity contribution in [1.29, 1.82) is 0 Å². The van der Waals surface area contributed by atoms with Gasteiger partial charge in [-0.05, 0) is 49.4 Å². The number of ether oxygens (including phenoxy) is 1. The van der Waals surface area contributed by atoms with Gasteiger partial charge in [-0.15, -0.1) is 0 Å². The first-order chi connectivity index (χ1) is 9.95.